The number of nitrogens with one attached hydrogen (secondary N) is 2. The normalized spacial score (nSPS) is 21.5. The Labute approximate surface area is 403 Å². The van der Waals surface area contributed by atoms with Gasteiger partial charge in [-0.05, 0) is 69.3 Å². The third kappa shape index (κ3) is 13.8. The first-order valence-corrected chi connectivity index (χ1v) is 24.5. The fraction of sp³-hybridized carbons (Fsp3) is 0.686. The van der Waals surface area contributed by atoms with Gasteiger partial charge in [0.15, 0.2) is 0 Å². The number of rotatable bonds is 25. The predicted octanol–water partition coefficient (Wildman–Crippen LogP) is 4.20. The second-order valence-corrected chi connectivity index (χ2v) is 19.3. The number of carbonyl (C=O) groups is 8. The van der Waals surface area contributed by atoms with Gasteiger partial charge in [-0.1, -0.05) is 77.8 Å². The van der Waals surface area contributed by atoms with Crippen LogP contribution in [0.2, 0.25) is 0 Å². The van der Waals surface area contributed by atoms with Crippen molar-refractivity contribution in [3.63, 3.8) is 0 Å². The highest BCUT2D eigenvalue weighted by atomic mass is 16.5. The highest BCUT2D eigenvalue weighted by molar-refractivity contribution is 6.12. The lowest BCUT2D eigenvalue weighted by molar-refractivity contribution is -0.153. The van der Waals surface area contributed by atoms with Crippen LogP contribution in [0.4, 0.5) is 0 Å². The van der Waals surface area contributed by atoms with E-state index in [-0.39, 0.29) is 67.2 Å². The maximum Gasteiger partial charge on any atom is 0.328 e. The number of nitrogens with zero attached hydrogens (tertiary/aromatic N) is 4. The number of ether oxygens (including phenoxy) is 3. The molecule has 3 aliphatic rings. The maximum absolute atomic E-state index is 14.7. The molecule has 1 aromatic rings. The molecule has 1 aromatic carbocycles. The molecule has 7 amide bonds. The SMILES string of the molecule is CCC(C)C(C(CC(=O)N1CCC[C@H]1C(OC)C(C)C(=O)NC(Cc1ccccc1)C(=O)OC)OC)N(C)C(=O)C(NC(=O)[C@]1(C)CCCCN1C(=O)CCCCCN1C(=O)C=CC1=O)C(C)C. The smallest absolute Gasteiger partial charge is 0.328 e. The van der Waals surface area contributed by atoms with Gasteiger partial charge >= 0.3 is 5.97 Å². The monoisotopic (exact) mass is 951 g/mol. The number of hydrogen-bond donors (Lipinski definition) is 2. The number of imide groups is 1. The lowest BCUT2D eigenvalue weighted by atomic mass is 9.86. The molecule has 0 spiro atoms. The lowest BCUT2D eigenvalue weighted by Crippen LogP contribution is -2.65. The molecule has 2 saturated heterocycles. The second-order valence-electron chi connectivity index (χ2n) is 19.3. The summed E-state index contributed by atoms with van der Waals surface area (Å²) in [4.78, 5) is 114. The van der Waals surface area contributed by atoms with Crippen molar-refractivity contribution in [3.8, 4) is 0 Å². The lowest BCUT2D eigenvalue weighted by Gasteiger charge is -2.45. The molecule has 378 valence electrons. The van der Waals surface area contributed by atoms with E-state index in [4.69, 9.17) is 14.2 Å². The van der Waals surface area contributed by atoms with Gasteiger partial charge < -0.3 is 39.5 Å². The molecule has 3 aliphatic heterocycles. The van der Waals surface area contributed by atoms with Gasteiger partial charge in [0.2, 0.25) is 29.5 Å². The second kappa shape index (κ2) is 26.0. The molecule has 0 aliphatic carbocycles. The average molecular weight is 951 g/mol. The highest BCUT2D eigenvalue weighted by Crippen LogP contribution is 2.32. The van der Waals surface area contributed by atoms with Crippen LogP contribution in [0.3, 0.4) is 0 Å². The molecule has 0 saturated carbocycles. The van der Waals surface area contributed by atoms with Gasteiger partial charge in [-0.2, -0.15) is 0 Å². The molecule has 4 rings (SSSR count). The Morgan fingerprint density at radius 2 is 1.53 bits per heavy atom. The summed E-state index contributed by atoms with van der Waals surface area (Å²) in [6.07, 6.45) is 7.06. The molecule has 2 fully saturated rings. The maximum atomic E-state index is 14.7. The molecule has 0 aromatic heterocycles. The van der Waals surface area contributed by atoms with Crippen LogP contribution in [0.1, 0.15) is 118 Å². The average Bonchev–Trinajstić information content (AvgIpc) is 3.94. The standard InChI is InChI=1S/C51H78N6O11/c1-11-34(4)45(39(66-8)32-43(61)55-29-20-23-38(55)46(67-9)35(5)47(62)52-37(49(64)68-10)31-36-21-14-12-15-22-36)54(7)48(63)44(33(2)3)53-50(65)51(6)27-17-19-30-57(51)42(60)24-16-13-18-28-56-40(58)25-26-41(56)59/h12,14-15,21-22,25-26,33-35,37-39,44-46H,11,13,16-20,23-24,27-32H2,1-10H3,(H,52,62)(H,53,65)/t34?,35?,37?,38-,39?,44?,45?,46?,51-/m0/s1. The van der Waals surface area contributed by atoms with Crippen molar-refractivity contribution in [1.29, 1.82) is 0 Å². The van der Waals surface area contributed by atoms with Crippen molar-refractivity contribution in [2.24, 2.45) is 17.8 Å². The van der Waals surface area contributed by atoms with E-state index in [0.29, 0.717) is 58.0 Å². The Morgan fingerprint density at radius 3 is 2.13 bits per heavy atom. The summed E-state index contributed by atoms with van der Waals surface area (Å²) in [6, 6.07) is 6.45. The van der Waals surface area contributed by atoms with E-state index in [9.17, 15) is 38.4 Å². The minimum absolute atomic E-state index is 0.0578. The molecule has 9 atom stereocenters. The van der Waals surface area contributed by atoms with Crippen LogP contribution in [-0.2, 0) is 59.0 Å². The molecule has 68 heavy (non-hydrogen) atoms. The summed E-state index contributed by atoms with van der Waals surface area (Å²) in [5.41, 5.74) is -0.330. The topological polar surface area (TPSA) is 201 Å². The van der Waals surface area contributed by atoms with Crippen molar-refractivity contribution in [2.75, 3.05) is 48.0 Å². The Bertz CT molecular complexity index is 1930. The molecule has 17 heteroatoms. The zero-order valence-corrected chi connectivity index (χ0v) is 42.1. The third-order valence-corrected chi connectivity index (χ3v) is 14.4. The summed E-state index contributed by atoms with van der Waals surface area (Å²) in [6.45, 7) is 12.3. The first kappa shape index (κ1) is 55.4. The zero-order valence-electron chi connectivity index (χ0n) is 42.1. The van der Waals surface area contributed by atoms with Crippen LogP contribution in [0.5, 0.6) is 0 Å². The van der Waals surface area contributed by atoms with Gasteiger partial charge in [0, 0.05) is 65.9 Å². The van der Waals surface area contributed by atoms with Gasteiger partial charge in [0.1, 0.15) is 17.6 Å². The van der Waals surface area contributed by atoms with E-state index in [1.54, 1.807) is 35.6 Å². The van der Waals surface area contributed by atoms with Gasteiger partial charge in [-0.15, -0.1) is 0 Å². The van der Waals surface area contributed by atoms with Crippen LogP contribution in [-0.4, -0.2) is 157 Å². The van der Waals surface area contributed by atoms with Crippen molar-refractivity contribution < 1.29 is 52.6 Å². The quantitative estimate of drug-likeness (QED) is 0.0809. The number of amides is 7. The van der Waals surface area contributed by atoms with Crippen LogP contribution in [0.15, 0.2) is 42.5 Å². The van der Waals surface area contributed by atoms with Gasteiger partial charge in [0.25, 0.3) is 11.8 Å². The number of unbranched alkanes of at least 4 members (excludes halogenated alkanes) is 2. The van der Waals surface area contributed by atoms with E-state index < -0.39 is 65.6 Å². The summed E-state index contributed by atoms with van der Waals surface area (Å²) in [5, 5.41) is 5.91. The number of carbonyl (C=O) groups excluding carboxylic acids is 8. The minimum Gasteiger partial charge on any atom is -0.467 e. The summed E-state index contributed by atoms with van der Waals surface area (Å²) in [7, 11) is 5.99. The molecule has 17 nitrogen and oxygen atoms in total. The fourth-order valence-corrected chi connectivity index (χ4v) is 10.1. The van der Waals surface area contributed by atoms with Crippen LogP contribution in [0, 0.1) is 17.8 Å². The van der Waals surface area contributed by atoms with Gasteiger partial charge in [0.05, 0.1) is 43.7 Å². The first-order valence-electron chi connectivity index (χ1n) is 24.5. The number of likely N-dealkylation sites (N-methyl/N-ethyl adjacent to an activating group) is 1. The Kier molecular flexibility index (Phi) is 21.2. The first-order chi connectivity index (χ1) is 32.3. The number of likely N-dealkylation sites (tertiary alicyclic amines) is 2. The van der Waals surface area contributed by atoms with Crippen molar-refractivity contribution in [1.82, 2.24) is 30.2 Å². The molecule has 3 heterocycles. The minimum atomic E-state index is -1.19. The van der Waals surface area contributed by atoms with E-state index >= 15 is 0 Å². The van der Waals surface area contributed by atoms with E-state index in [1.807, 2.05) is 58.0 Å². The number of benzene rings is 1. The van der Waals surface area contributed by atoms with Crippen LogP contribution >= 0.6 is 0 Å². The highest BCUT2D eigenvalue weighted by Gasteiger charge is 2.47. The molecular weight excluding hydrogens is 873 g/mol. The summed E-state index contributed by atoms with van der Waals surface area (Å²) < 4.78 is 17.0. The molecular formula is C51H78N6O11. The Balaban J connectivity index is 1.43. The van der Waals surface area contributed by atoms with Crippen LogP contribution < -0.4 is 10.6 Å². The van der Waals surface area contributed by atoms with Gasteiger partial charge in [-0.25, -0.2) is 4.79 Å². The molecule has 0 radical (unpaired) electrons. The number of hydrogen-bond acceptors (Lipinski definition) is 11. The number of piperidine rings is 1. The largest absolute Gasteiger partial charge is 0.467 e. The van der Waals surface area contributed by atoms with E-state index in [0.717, 1.165) is 18.4 Å². The molecule has 2 N–H and O–H groups in total. The summed E-state index contributed by atoms with van der Waals surface area (Å²) in [5.74, 6) is -3.95. The molecule has 7 unspecified atom stereocenters. The van der Waals surface area contributed by atoms with Crippen LogP contribution in [0.25, 0.3) is 0 Å². The number of esters is 1. The fourth-order valence-electron chi connectivity index (χ4n) is 10.1. The Hall–Kier alpha value is -5.16. The number of methoxy groups -OCH3 is 3. The van der Waals surface area contributed by atoms with E-state index in [2.05, 4.69) is 10.6 Å². The van der Waals surface area contributed by atoms with Crippen molar-refractivity contribution in [3.05, 3.63) is 48.0 Å². The van der Waals surface area contributed by atoms with Crippen molar-refractivity contribution in [2.45, 2.75) is 161 Å². The van der Waals surface area contributed by atoms with E-state index in [1.165, 1.54) is 38.4 Å². The summed E-state index contributed by atoms with van der Waals surface area (Å²) >= 11 is 0. The Morgan fingerprint density at radius 1 is 0.853 bits per heavy atom. The third-order valence-electron chi connectivity index (χ3n) is 14.4. The van der Waals surface area contributed by atoms with Gasteiger partial charge in [-0.3, -0.25) is 38.5 Å². The predicted molar refractivity (Wildman–Crippen MR) is 255 cm³/mol. The molecule has 0 bridgehead atoms. The zero-order chi connectivity index (χ0) is 50.3. The van der Waals surface area contributed by atoms with Crippen molar-refractivity contribution >= 4 is 47.3 Å².